The van der Waals surface area contributed by atoms with E-state index in [0.717, 1.165) is 19.0 Å². The molecule has 2 aromatic rings. The number of rotatable bonds is 5. The molecular formula is C21H31IN4S. The number of hydrogen-bond donors (Lipinski definition) is 1. The lowest BCUT2D eigenvalue weighted by Gasteiger charge is -2.39. The fourth-order valence-electron chi connectivity index (χ4n) is 3.92. The molecule has 2 unspecified atom stereocenters. The Kier molecular flexibility index (Phi) is 9.05. The predicted molar refractivity (Wildman–Crippen MR) is 127 cm³/mol. The van der Waals surface area contributed by atoms with Crippen molar-refractivity contribution in [3.63, 3.8) is 0 Å². The van der Waals surface area contributed by atoms with Crippen LogP contribution in [0.2, 0.25) is 0 Å². The second-order valence-electron chi connectivity index (χ2n) is 7.11. The van der Waals surface area contributed by atoms with Gasteiger partial charge in [-0.25, -0.2) is 0 Å². The summed E-state index contributed by atoms with van der Waals surface area (Å²) >= 11 is 1.87. The van der Waals surface area contributed by atoms with Gasteiger partial charge in [0.15, 0.2) is 5.96 Å². The molecular weight excluding hydrogens is 467 g/mol. The zero-order chi connectivity index (χ0) is 18.4. The summed E-state index contributed by atoms with van der Waals surface area (Å²) in [6.07, 6.45) is 2.53. The molecule has 1 aromatic carbocycles. The van der Waals surface area contributed by atoms with Gasteiger partial charge in [-0.05, 0) is 49.4 Å². The van der Waals surface area contributed by atoms with Crippen LogP contribution in [0.25, 0.3) is 0 Å². The lowest BCUT2D eigenvalue weighted by molar-refractivity contribution is 0.124. The SMILES string of the molecule is CN=C(NCC1CCCN(C)C1c1cccs1)N(C)Cc1ccccc1.I. The van der Waals surface area contributed by atoms with E-state index >= 15 is 0 Å². The summed E-state index contributed by atoms with van der Waals surface area (Å²) < 4.78 is 0. The van der Waals surface area contributed by atoms with Gasteiger partial charge in [-0.15, -0.1) is 35.3 Å². The van der Waals surface area contributed by atoms with E-state index in [1.54, 1.807) is 0 Å². The first-order valence-electron chi connectivity index (χ1n) is 9.38. The molecule has 0 radical (unpaired) electrons. The lowest BCUT2D eigenvalue weighted by Crippen LogP contribution is -2.45. The molecule has 4 nitrogen and oxygen atoms in total. The van der Waals surface area contributed by atoms with Crippen LogP contribution in [0.4, 0.5) is 0 Å². The fourth-order valence-corrected chi connectivity index (χ4v) is 4.90. The first-order valence-corrected chi connectivity index (χ1v) is 10.3. The third kappa shape index (κ3) is 5.93. The number of aliphatic imine (C=N–C) groups is 1. The van der Waals surface area contributed by atoms with Gasteiger partial charge in [0.25, 0.3) is 0 Å². The monoisotopic (exact) mass is 498 g/mol. The van der Waals surface area contributed by atoms with Crippen LogP contribution in [0, 0.1) is 5.92 Å². The summed E-state index contributed by atoms with van der Waals surface area (Å²) in [5, 5.41) is 5.81. The summed E-state index contributed by atoms with van der Waals surface area (Å²) in [7, 11) is 6.23. The molecule has 2 heterocycles. The van der Waals surface area contributed by atoms with Crippen LogP contribution in [0.5, 0.6) is 0 Å². The number of guanidine groups is 1. The lowest BCUT2D eigenvalue weighted by atomic mass is 9.88. The highest BCUT2D eigenvalue weighted by atomic mass is 127. The van der Waals surface area contributed by atoms with Gasteiger partial charge in [0, 0.05) is 38.1 Å². The first kappa shape index (κ1) is 22.2. The quantitative estimate of drug-likeness (QED) is 0.375. The number of nitrogens with one attached hydrogen (secondary N) is 1. The summed E-state index contributed by atoms with van der Waals surface area (Å²) in [4.78, 5) is 10.7. The van der Waals surface area contributed by atoms with Crippen molar-refractivity contribution in [3.05, 3.63) is 58.3 Å². The molecule has 0 amide bonds. The Bertz CT molecular complexity index is 689. The van der Waals surface area contributed by atoms with E-state index < -0.39 is 0 Å². The third-order valence-electron chi connectivity index (χ3n) is 5.20. The average molecular weight is 498 g/mol. The third-order valence-corrected chi connectivity index (χ3v) is 6.14. The van der Waals surface area contributed by atoms with E-state index in [9.17, 15) is 0 Å². The molecule has 0 saturated carbocycles. The van der Waals surface area contributed by atoms with Crippen molar-refractivity contribution in [1.82, 2.24) is 15.1 Å². The Hall–Kier alpha value is -1.12. The molecule has 1 aliphatic rings. The molecule has 2 atom stereocenters. The molecule has 1 fully saturated rings. The summed E-state index contributed by atoms with van der Waals surface area (Å²) in [5.74, 6) is 1.57. The number of benzene rings is 1. The highest BCUT2D eigenvalue weighted by molar-refractivity contribution is 14.0. The molecule has 1 aromatic heterocycles. The van der Waals surface area contributed by atoms with Crippen LogP contribution < -0.4 is 5.32 Å². The van der Waals surface area contributed by atoms with Crippen LogP contribution in [0.1, 0.15) is 29.3 Å². The van der Waals surface area contributed by atoms with E-state index in [2.05, 4.69) is 82.0 Å². The molecule has 1 N–H and O–H groups in total. The minimum absolute atomic E-state index is 0. The number of halogens is 1. The van der Waals surface area contributed by atoms with Crippen molar-refractivity contribution < 1.29 is 0 Å². The number of nitrogens with zero attached hydrogens (tertiary/aromatic N) is 3. The molecule has 0 aliphatic carbocycles. The Morgan fingerprint density at radius 1 is 1.26 bits per heavy atom. The van der Waals surface area contributed by atoms with Crippen molar-refractivity contribution in [3.8, 4) is 0 Å². The van der Waals surface area contributed by atoms with Gasteiger partial charge in [0.1, 0.15) is 0 Å². The zero-order valence-electron chi connectivity index (χ0n) is 16.5. The van der Waals surface area contributed by atoms with E-state index in [4.69, 9.17) is 0 Å². The normalized spacial score (nSPS) is 20.8. The molecule has 6 heteroatoms. The molecule has 0 bridgehead atoms. The maximum absolute atomic E-state index is 4.50. The topological polar surface area (TPSA) is 30.9 Å². The summed E-state index contributed by atoms with van der Waals surface area (Å²) in [6.45, 7) is 3.00. The van der Waals surface area contributed by atoms with Gasteiger partial charge in [-0.2, -0.15) is 0 Å². The zero-order valence-corrected chi connectivity index (χ0v) is 19.6. The number of hydrogen-bond acceptors (Lipinski definition) is 3. The Balaban J connectivity index is 0.00000261. The average Bonchev–Trinajstić information content (AvgIpc) is 3.17. The summed E-state index contributed by atoms with van der Waals surface area (Å²) in [5.41, 5.74) is 1.30. The van der Waals surface area contributed by atoms with E-state index in [0.29, 0.717) is 12.0 Å². The van der Waals surface area contributed by atoms with Crippen molar-refractivity contribution in [1.29, 1.82) is 0 Å². The minimum Gasteiger partial charge on any atom is -0.356 e. The van der Waals surface area contributed by atoms with Crippen molar-refractivity contribution in [2.75, 3.05) is 34.2 Å². The Morgan fingerprint density at radius 3 is 2.70 bits per heavy atom. The van der Waals surface area contributed by atoms with Gasteiger partial charge in [0.05, 0.1) is 0 Å². The van der Waals surface area contributed by atoms with Gasteiger partial charge >= 0.3 is 0 Å². The van der Waals surface area contributed by atoms with Gasteiger partial charge in [-0.1, -0.05) is 36.4 Å². The highest BCUT2D eigenvalue weighted by Crippen LogP contribution is 2.36. The van der Waals surface area contributed by atoms with Gasteiger partial charge < -0.3 is 10.2 Å². The number of thiophene rings is 1. The maximum atomic E-state index is 4.50. The first-order chi connectivity index (χ1) is 12.7. The standard InChI is InChI=1S/C21H30N4S.HI/c1-22-21(25(3)16-17-9-5-4-6-10-17)23-15-18-11-7-13-24(2)20(18)19-12-8-14-26-19;/h4-6,8-10,12,14,18,20H,7,11,13,15-16H2,1-3H3,(H,22,23);1H. The van der Waals surface area contributed by atoms with Gasteiger partial charge in [-0.3, -0.25) is 9.89 Å². The fraction of sp³-hybridized carbons (Fsp3) is 0.476. The second-order valence-corrected chi connectivity index (χ2v) is 8.09. The molecule has 1 saturated heterocycles. The van der Waals surface area contributed by atoms with Crippen LogP contribution in [0.3, 0.4) is 0 Å². The van der Waals surface area contributed by atoms with Crippen molar-refractivity contribution in [2.45, 2.75) is 25.4 Å². The number of likely N-dealkylation sites (tertiary alicyclic amines) is 1. The van der Waals surface area contributed by atoms with Crippen LogP contribution in [-0.4, -0.2) is 50.0 Å². The minimum atomic E-state index is 0. The van der Waals surface area contributed by atoms with Gasteiger partial charge in [0.2, 0.25) is 0 Å². The molecule has 148 valence electrons. The van der Waals surface area contributed by atoms with Crippen LogP contribution in [0.15, 0.2) is 52.8 Å². The summed E-state index contributed by atoms with van der Waals surface area (Å²) in [6, 6.07) is 15.5. The van der Waals surface area contributed by atoms with E-state index in [1.807, 2.05) is 18.4 Å². The highest BCUT2D eigenvalue weighted by Gasteiger charge is 2.31. The molecule has 1 aliphatic heterocycles. The molecule has 27 heavy (non-hydrogen) atoms. The predicted octanol–water partition coefficient (Wildman–Crippen LogP) is 4.46. The molecule has 0 spiro atoms. The van der Waals surface area contributed by atoms with E-state index in [-0.39, 0.29) is 24.0 Å². The largest absolute Gasteiger partial charge is 0.356 e. The van der Waals surface area contributed by atoms with Crippen molar-refractivity contribution >= 4 is 41.3 Å². The smallest absolute Gasteiger partial charge is 0.193 e. The molecule has 3 rings (SSSR count). The maximum Gasteiger partial charge on any atom is 0.193 e. The van der Waals surface area contributed by atoms with E-state index in [1.165, 1.54) is 29.8 Å². The Labute approximate surface area is 184 Å². The Morgan fingerprint density at radius 2 is 2.04 bits per heavy atom. The van der Waals surface area contributed by atoms with Crippen LogP contribution in [-0.2, 0) is 6.54 Å². The number of piperidine rings is 1. The van der Waals surface area contributed by atoms with Crippen LogP contribution >= 0.6 is 35.3 Å². The second kappa shape index (κ2) is 11.0. The van der Waals surface area contributed by atoms with Crippen molar-refractivity contribution in [2.24, 2.45) is 10.9 Å².